The number of aryl methyl sites for hydroxylation is 1. The Labute approximate surface area is 278 Å². The number of likely N-dealkylation sites (tertiary alicyclic amines) is 1. The van der Waals surface area contributed by atoms with E-state index in [1.165, 1.54) is 25.0 Å². The van der Waals surface area contributed by atoms with E-state index in [2.05, 4.69) is 52.2 Å². The van der Waals surface area contributed by atoms with Gasteiger partial charge in [0.05, 0.1) is 23.9 Å². The van der Waals surface area contributed by atoms with Gasteiger partial charge in [0.25, 0.3) is 0 Å². The average molecular weight is 647 g/mol. The number of carbonyl (C=O) groups is 1. The molecule has 254 valence electrons. The van der Waals surface area contributed by atoms with Gasteiger partial charge < -0.3 is 25.1 Å². The van der Waals surface area contributed by atoms with E-state index in [1.807, 2.05) is 30.1 Å². The van der Waals surface area contributed by atoms with Crippen molar-refractivity contribution in [3.63, 3.8) is 0 Å². The van der Waals surface area contributed by atoms with E-state index in [0.29, 0.717) is 24.3 Å². The van der Waals surface area contributed by atoms with E-state index in [9.17, 15) is 14.3 Å². The fraction of sp³-hybridized carbons (Fsp3) is 0.611. The standard InChI is InChI=1S/C36H51FN8O2/c1-5-33(25-8-10-26(11-9-25)35(46)47)43(4)36-40-31-16-18-45(29-14-12-28(37)13-15-29)22-30(31)34(41-36)39-32(27-19-38-42(3)21-27)23-44-17-6-7-24(2)20-44/h12-15,19,21,24-26,32-33H,5-11,16-18,20,22-23H2,1-4H3,(H,46,47)(H,39,40,41)/t24-,25?,26?,32-,33+/m0/s1. The lowest BCUT2D eigenvalue weighted by Crippen LogP contribution is -2.42. The van der Waals surface area contributed by atoms with Crippen LogP contribution in [0, 0.1) is 23.6 Å². The van der Waals surface area contributed by atoms with Crippen molar-refractivity contribution in [2.45, 2.75) is 83.8 Å². The van der Waals surface area contributed by atoms with Crippen molar-refractivity contribution in [1.29, 1.82) is 0 Å². The second kappa shape index (κ2) is 14.6. The summed E-state index contributed by atoms with van der Waals surface area (Å²) in [6.07, 6.45) is 11.5. The largest absolute Gasteiger partial charge is 0.481 e. The molecular formula is C36H51FN8O2. The molecule has 4 heterocycles. The Bertz CT molecular complexity index is 1510. The van der Waals surface area contributed by atoms with Crippen LogP contribution in [0.2, 0.25) is 0 Å². The summed E-state index contributed by atoms with van der Waals surface area (Å²) < 4.78 is 15.7. The summed E-state index contributed by atoms with van der Waals surface area (Å²) >= 11 is 0. The van der Waals surface area contributed by atoms with Gasteiger partial charge in [-0.05, 0) is 87.6 Å². The summed E-state index contributed by atoms with van der Waals surface area (Å²) in [6, 6.07) is 6.94. The van der Waals surface area contributed by atoms with Gasteiger partial charge in [-0.25, -0.2) is 9.37 Å². The van der Waals surface area contributed by atoms with Crippen LogP contribution in [-0.2, 0) is 24.8 Å². The molecule has 1 aliphatic carbocycles. The van der Waals surface area contributed by atoms with Crippen LogP contribution in [0.3, 0.4) is 0 Å². The maximum atomic E-state index is 13.8. The van der Waals surface area contributed by atoms with E-state index in [-0.39, 0.29) is 23.8 Å². The first-order valence-corrected chi connectivity index (χ1v) is 17.5. The van der Waals surface area contributed by atoms with Crippen LogP contribution < -0.4 is 15.1 Å². The van der Waals surface area contributed by atoms with Gasteiger partial charge in [0.2, 0.25) is 5.95 Å². The minimum absolute atomic E-state index is 0.0133. The summed E-state index contributed by atoms with van der Waals surface area (Å²) in [7, 11) is 4.06. The second-order valence-corrected chi connectivity index (χ2v) is 14.1. The predicted molar refractivity (Wildman–Crippen MR) is 183 cm³/mol. The molecule has 3 atom stereocenters. The molecule has 2 fully saturated rings. The zero-order chi connectivity index (χ0) is 33.1. The van der Waals surface area contributed by atoms with Gasteiger partial charge in [-0.3, -0.25) is 9.48 Å². The summed E-state index contributed by atoms with van der Waals surface area (Å²) in [5, 5.41) is 18.0. The summed E-state index contributed by atoms with van der Waals surface area (Å²) in [6.45, 7) is 8.97. The maximum absolute atomic E-state index is 13.8. The number of nitrogens with zero attached hydrogens (tertiary/aromatic N) is 7. The lowest BCUT2D eigenvalue weighted by Gasteiger charge is -2.39. The van der Waals surface area contributed by atoms with Gasteiger partial charge >= 0.3 is 5.97 Å². The molecule has 0 unspecified atom stereocenters. The number of hydrogen-bond donors (Lipinski definition) is 2. The van der Waals surface area contributed by atoms with Gasteiger partial charge in [-0.15, -0.1) is 0 Å². The smallest absolute Gasteiger partial charge is 0.306 e. The zero-order valence-electron chi connectivity index (χ0n) is 28.4. The molecule has 0 amide bonds. The van der Waals surface area contributed by atoms with Crippen molar-refractivity contribution in [2.75, 3.05) is 48.3 Å². The average Bonchev–Trinajstić information content (AvgIpc) is 3.51. The molecule has 3 aliphatic rings. The van der Waals surface area contributed by atoms with Crippen molar-refractivity contribution in [3.8, 4) is 0 Å². The van der Waals surface area contributed by atoms with Crippen LogP contribution in [-0.4, -0.2) is 75.0 Å². The first-order chi connectivity index (χ1) is 22.7. The van der Waals surface area contributed by atoms with Crippen LogP contribution in [0.5, 0.6) is 0 Å². The molecule has 0 bridgehead atoms. The molecule has 0 radical (unpaired) electrons. The lowest BCUT2D eigenvalue weighted by molar-refractivity contribution is -0.143. The maximum Gasteiger partial charge on any atom is 0.306 e. The number of aromatic nitrogens is 4. The van der Waals surface area contributed by atoms with Gasteiger partial charge in [0.1, 0.15) is 11.6 Å². The molecule has 2 N–H and O–H groups in total. The fourth-order valence-electron chi connectivity index (χ4n) is 8.10. The SMILES string of the molecule is CC[C@H](C1CCC(C(=O)O)CC1)N(C)c1nc2c(c(N[C@@H](CN3CCC[C@H](C)C3)c3cnn(C)c3)n1)CN(c1ccc(F)cc1)CC2. The monoisotopic (exact) mass is 646 g/mol. The third-order valence-electron chi connectivity index (χ3n) is 10.8. The molecule has 1 saturated heterocycles. The molecule has 2 aliphatic heterocycles. The van der Waals surface area contributed by atoms with Crippen molar-refractivity contribution >= 4 is 23.4 Å². The molecule has 47 heavy (non-hydrogen) atoms. The Morgan fingerprint density at radius 2 is 1.89 bits per heavy atom. The van der Waals surface area contributed by atoms with E-state index in [4.69, 9.17) is 9.97 Å². The molecule has 6 rings (SSSR count). The third-order valence-corrected chi connectivity index (χ3v) is 10.8. The number of rotatable bonds is 11. The Morgan fingerprint density at radius 3 is 2.55 bits per heavy atom. The number of anilines is 3. The van der Waals surface area contributed by atoms with E-state index in [1.54, 1.807) is 0 Å². The Morgan fingerprint density at radius 1 is 1.13 bits per heavy atom. The van der Waals surface area contributed by atoms with E-state index >= 15 is 0 Å². The fourth-order valence-corrected chi connectivity index (χ4v) is 8.10. The Hall–Kier alpha value is -3.73. The first kappa shape index (κ1) is 33.2. The molecule has 1 saturated carbocycles. The van der Waals surface area contributed by atoms with Crippen LogP contribution in [0.4, 0.5) is 21.8 Å². The number of benzene rings is 1. The minimum atomic E-state index is -0.671. The number of nitrogens with one attached hydrogen (secondary N) is 1. The molecular weight excluding hydrogens is 595 g/mol. The number of aliphatic carboxylic acids is 1. The van der Waals surface area contributed by atoms with Crippen molar-refractivity contribution in [3.05, 3.63) is 59.3 Å². The quantitative estimate of drug-likeness (QED) is 0.264. The van der Waals surface area contributed by atoms with E-state index < -0.39 is 5.97 Å². The number of halogens is 1. The van der Waals surface area contributed by atoms with Gasteiger partial charge in [0.15, 0.2) is 0 Å². The Kier molecular flexibility index (Phi) is 10.3. The highest BCUT2D eigenvalue weighted by Gasteiger charge is 2.34. The number of carboxylic acid groups (broad SMARTS) is 1. The van der Waals surface area contributed by atoms with Crippen LogP contribution in [0.15, 0.2) is 36.7 Å². The molecule has 3 aromatic rings. The van der Waals surface area contributed by atoms with Gasteiger partial charge in [-0.2, -0.15) is 10.1 Å². The molecule has 0 spiro atoms. The normalized spacial score (nSPS) is 23.2. The van der Waals surface area contributed by atoms with Crippen molar-refractivity contribution < 1.29 is 14.3 Å². The molecule has 11 heteroatoms. The van der Waals surface area contributed by atoms with Crippen LogP contribution >= 0.6 is 0 Å². The highest BCUT2D eigenvalue weighted by molar-refractivity contribution is 5.70. The number of fused-ring (bicyclic) bond motifs is 1. The topological polar surface area (TPSA) is 103 Å². The Balaban J connectivity index is 1.33. The molecule has 10 nitrogen and oxygen atoms in total. The lowest BCUT2D eigenvalue weighted by atomic mass is 9.77. The van der Waals surface area contributed by atoms with Crippen LogP contribution in [0.25, 0.3) is 0 Å². The van der Waals surface area contributed by atoms with Crippen molar-refractivity contribution in [1.82, 2.24) is 24.6 Å². The number of hydrogen-bond acceptors (Lipinski definition) is 8. The van der Waals surface area contributed by atoms with E-state index in [0.717, 1.165) is 93.0 Å². The van der Waals surface area contributed by atoms with Gasteiger partial charge in [-0.1, -0.05) is 13.8 Å². The first-order valence-electron chi connectivity index (χ1n) is 17.5. The predicted octanol–water partition coefficient (Wildman–Crippen LogP) is 5.90. The third kappa shape index (κ3) is 7.71. The number of piperidine rings is 1. The molecule has 1 aromatic carbocycles. The van der Waals surface area contributed by atoms with Crippen LogP contribution in [0.1, 0.15) is 81.7 Å². The summed E-state index contributed by atoms with van der Waals surface area (Å²) in [5.41, 5.74) is 4.23. The number of carboxylic acids is 1. The summed E-state index contributed by atoms with van der Waals surface area (Å²) in [4.78, 5) is 29.2. The zero-order valence-corrected chi connectivity index (χ0v) is 28.4. The molecule has 2 aromatic heterocycles. The highest BCUT2D eigenvalue weighted by Crippen LogP contribution is 2.37. The highest BCUT2D eigenvalue weighted by atomic mass is 19.1. The van der Waals surface area contributed by atoms with Crippen molar-refractivity contribution in [2.24, 2.45) is 24.8 Å². The second-order valence-electron chi connectivity index (χ2n) is 14.1. The summed E-state index contributed by atoms with van der Waals surface area (Å²) in [5.74, 6) is 1.48. The van der Waals surface area contributed by atoms with Gasteiger partial charge in [0, 0.05) is 75.7 Å². The minimum Gasteiger partial charge on any atom is -0.481 e.